The number of benzene rings is 1. The number of hydrogen-bond acceptors (Lipinski definition) is 4. The zero-order valence-corrected chi connectivity index (χ0v) is 12.7. The number of nitro benzene ring substituents is 1. The van der Waals surface area contributed by atoms with E-state index in [9.17, 15) is 14.9 Å². The van der Waals surface area contributed by atoms with Crippen molar-refractivity contribution in [2.75, 3.05) is 0 Å². The van der Waals surface area contributed by atoms with E-state index in [2.05, 4.69) is 20.9 Å². The highest BCUT2D eigenvalue weighted by atomic mass is 79.9. The summed E-state index contributed by atoms with van der Waals surface area (Å²) in [6.45, 7) is 1.90. The fourth-order valence-corrected chi connectivity index (χ4v) is 2.24. The Morgan fingerprint density at radius 1 is 1.50 bits per heavy atom. The van der Waals surface area contributed by atoms with Crippen molar-refractivity contribution in [1.29, 1.82) is 0 Å². The summed E-state index contributed by atoms with van der Waals surface area (Å²) in [6, 6.07) is 4.16. The number of aromatic nitrogens is 2. The van der Waals surface area contributed by atoms with Gasteiger partial charge in [0.05, 0.1) is 16.5 Å². The third-order valence-electron chi connectivity index (χ3n) is 2.78. The van der Waals surface area contributed by atoms with E-state index in [1.807, 2.05) is 0 Å². The summed E-state index contributed by atoms with van der Waals surface area (Å²) in [5, 5.41) is 10.9. The maximum atomic E-state index is 12.0. The molecule has 1 aromatic carbocycles. The average Bonchev–Trinajstić information content (AvgIpc) is 2.40. The first-order valence-electron chi connectivity index (χ1n) is 5.55. The van der Waals surface area contributed by atoms with Crippen LogP contribution in [0.1, 0.15) is 11.4 Å². The third-order valence-corrected chi connectivity index (χ3v) is 3.68. The first kappa shape index (κ1) is 14.7. The van der Waals surface area contributed by atoms with Crippen molar-refractivity contribution in [2.45, 2.75) is 13.5 Å². The van der Waals surface area contributed by atoms with Crippen molar-refractivity contribution in [2.24, 2.45) is 0 Å². The maximum Gasteiger partial charge on any atom is 0.270 e. The first-order chi connectivity index (χ1) is 9.40. The van der Waals surface area contributed by atoms with Crippen LogP contribution in [0.4, 0.5) is 5.69 Å². The Bertz CT molecular complexity index is 745. The molecule has 0 aliphatic rings. The average molecular weight is 359 g/mol. The molecule has 0 bridgehead atoms. The van der Waals surface area contributed by atoms with Crippen LogP contribution in [0, 0.1) is 17.0 Å². The molecule has 0 N–H and O–H groups in total. The summed E-state index contributed by atoms with van der Waals surface area (Å²) in [5.41, 5.74) is 0.296. The number of halogens is 2. The fraction of sp³-hybridized carbons (Fsp3) is 0.167. The molecule has 0 amide bonds. The molecule has 0 unspecified atom stereocenters. The maximum absolute atomic E-state index is 12.0. The van der Waals surface area contributed by atoms with E-state index in [0.717, 1.165) is 0 Å². The summed E-state index contributed by atoms with van der Waals surface area (Å²) in [6.07, 6.45) is 1.44. The largest absolute Gasteiger partial charge is 0.291 e. The molecule has 0 atom stereocenters. The molecular weight excluding hydrogens is 350 g/mol. The first-order valence-corrected chi connectivity index (χ1v) is 6.72. The van der Waals surface area contributed by atoms with Gasteiger partial charge in [0.25, 0.3) is 11.2 Å². The lowest BCUT2D eigenvalue weighted by molar-refractivity contribution is -0.384. The molecule has 0 radical (unpaired) electrons. The Morgan fingerprint density at radius 2 is 2.20 bits per heavy atom. The number of hydrogen-bond donors (Lipinski definition) is 0. The molecule has 0 fully saturated rings. The Balaban J connectivity index is 2.43. The smallest absolute Gasteiger partial charge is 0.270 e. The Kier molecular flexibility index (Phi) is 4.20. The van der Waals surface area contributed by atoms with Crippen LogP contribution in [-0.2, 0) is 6.54 Å². The molecule has 1 heterocycles. The SMILES string of the molecule is Cc1ncc(Br)c(=O)n1Cc1ccc([N+](=O)[O-])cc1Cl. The van der Waals surface area contributed by atoms with Gasteiger partial charge in [0.15, 0.2) is 0 Å². The highest BCUT2D eigenvalue weighted by Gasteiger charge is 2.12. The van der Waals surface area contributed by atoms with Gasteiger partial charge in [0, 0.05) is 18.3 Å². The van der Waals surface area contributed by atoms with E-state index in [0.29, 0.717) is 15.9 Å². The molecule has 0 aliphatic carbocycles. The second-order valence-electron chi connectivity index (χ2n) is 4.08. The number of non-ortho nitro benzene ring substituents is 1. The van der Waals surface area contributed by atoms with Gasteiger partial charge >= 0.3 is 0 Å². The van der Waals surface area contributed by atoms with Crippen molar-refractivity contribution in [3.63, 3.8) is 0 Å². The van der Waals surface area contributed by atoms with Gasteiger partial charge in [-0.3, -0.25) is 19.5 Å². The number of nitrogens with zero attached hydrogens (tertiary/aromatic N) is 3. The van der Waals surface area contributed by atoms with Gasteiger partial charge in [0.1, 0.15) is 10.3 Å². The molecular formula is C12H9BrClN3O3. The summed E-state index contributed by atoms with van der Waals surface area (Å²) >= 11 is 9.14. The zero-order valence-electron chi connectivity index (χ0n) is 10.3. The molecule has 0 saturated carbocycles. The predicted octanol–water partition coefficient (Wildman–Crippen LogP) is 2.92. The minimum absolute atomic E-state index is 0.0878. The quantitative estimate of drug-likeness (QED) is 0.624. The lowest BCUT2D eigenvalue weighted by Gasteiger charge is -2.10. The van der Waals surface area contributed by atoms with Crippen LogP contribution in [0.5, 0.6) is 0 Å². The highest BCUT2D eigenvalue weighted by molar-refractivity contribution is 9.10. The van der Waals surface area contributed by atoms with Crippen LogP contribution in [-0.4, -0.2) is 14.5 Å². The van der Waals surface area contributed by atoms with Gasteiger partial charge in [-0.15, -0.1) is 0 Å². The predicted molar refractivity (Wildman–Crippen MR) is 78.1 cm³/mol. The molecule has 0 aliphatic heterocycles. The third kappa shape index (κ3) is 2.88. The summed E-state index contributed by atoms with van der Waals surface area (Å²) in [5.74, 6) is 0.535. The lowest BCUT2D eigenvalue weighted by atomic mass is 10.2. The minimum atomic E-state index is -0.520. The van der Waals surface area contributed by atoms with Crippen molar-refractivity contribution in [1.82, 2.24) is 9.55 Å². The van der Waals surface area contributed by atoms with Gasteiger partial charge < -0.3 is 0 Å². The van der Waals surface area contributed by atoms with E-state index >= 15 is 0 Å². The van der Waals surface area contributed by atoms with E-state index < -0.39 is 4.92 Å². The number of rotatable bonds is 3. The van der Waals surface area contributed by atoms with Crippen LogP contribution in [0.25, 0.3) is 0 Å². The van der Waals surface area contributed by atoms with E-state index in [1.54, 1.807) is 6.92 Å². The highest BCUT2D eigenvalue weighted by Crippen LogP contribution is 2.23. The van der Waals surface area contributed by atoms with Crippen LogP contribution < -0.4 is 5.56 Å². The summed E-state index contributed by atoms with van der Waals surface area (Å²) in [7, 11) is 0. The van der Waals surface area contributed by atoms with Crippen molar-refractivity contribution in [3.05, 3.63) is 65.7 Å². The molecule has 0 spiro atoms. The second-order valence-corrected chi connectivity index (χ2v) is 5.34. The van der Waals surface area contributed by atoms with Crippen molar-refractivity contribution >= 4 is 33.2 Å². The summed E-state index contributed by atoms with van der Waals surface area (Å²) in [4.78, 5) is 26.2. The second kappa shape index (κ2) is 5.72. The standard InChI is InChI=1S/C12H9BrClN3O3/c1-7-15-5-10(13)12(18)16(7)6-8-2-3-9(17(19)20)4-11(8)14/h2-5H,6H2,1H3. The van der Waals surface area contributed by atoms with E-state index in [4.69, 9.17) is 11.6 Å². The molecule has 0 saturated heterocycles. The Labute approximate surface area is 127 Å². The van der Waals surface area contributed by atoms with E-state index in [1.165, 1.54) is 29.0 Å². The molecule has 1 aromatic heterocycles. The van der Waals surface area contributed by atoms with Gasteiger partial charge in [-0.05, 0) is 34.5 Å². The van der Waals surface area contributed by atoms with Crippen molar-refractivity contribution < 1.29 is 4.92 Å². The van der Waals surface area contributed by atoms with Gasteiger partial charge in [-0.25, -0.2) is 4.98 Å². The monoisotopic (exact) mass is 357 g/mol. The lowest BCUT2D eigenvalue weighted by Crippen LogP contribution is -2.24. The van der Waals surface area contributed by atoms with Crippen LogP contribution >= 0.6 is 27.5 Å². The number of nitro groups is 1. The molecule has 6 nitrogen and oxygen atoms in total. The molecule has 8 heteroatoms. The normalized spacial score (nSPS) is 10.6. The Hall–Kier alpha value is -1.73. The van der Waals surface area contributed by atoms with Gasteiger partial charge in [-0.2, -0.15) is 0 Å². The van der Waals surface area contributed by atoms with Crippen molar-refractivity contribution in [3.8, 4) is 0 Å². The van der Waals surface area contributed by atoms with Crippen LogP contribution in [0.15, 0.2) is 33.7 Å². The molecule has 2 rings (SSSR count). The fourth-order valence-electron chi connectivity index (χ4n) is 1.69. The Morgan fingerprint density at radius 3 is 2.80 bits per heavy atom. The van der Waals surface area contributed by atoms with E-state index in [-0.39, 0.29) is 22.8 Å². The molecule has 104 valence electrons. The topological polar surface area (TPSA) is 78.0 Å². The number of aryl methyl sites for hydroxylation is 1. The van der Waals surface area contributed by atoms with Crippen LogP contribution in [0.3, 0.4) is 0 Å². The molecule has 2 aromatic rings. The van der Waals surface area contributed by atoms with Gasteiger partial charge in [-0.1, -0.05) is 11.6 Å². The van der Waals surface area contributed by atoms with Crippen LogP contribution in [0.2, 0.25) is 5.02 Å². The summed E-state index contributed by atoms with van der Waals surface area (Å²) < 4.78 is 1.79. The zero-order chi connectivity index (χ0) is 14.9. The van der Waals surface area contributed by atoms with Gasteiger partial charge in [0.2, 0.25) is 0 Å². The minimum Gasteiger partial charge on any atom is -0.291 e. The molecule has 20 heavy (non-hydrogen) atoms.